The predicted molar refractivity (Wildman–Crippen MR) is 74.3 cm³/mol. The quantitative estimate of drug-likeness (QED) is 0.624. The van der Waals surface area contributed by atoms with Crippen molar-refractivity contribution in [1.82, 2.24) is 5.32 Å². The highest BCUT2D eigenvalue weighted by Gasteiger charge is 2.40. The van der Waals surface area contributed by atoms with E-state index in [-0.39, 0.29) is 30.3 Å². The van der Waals surface area contributed by atoms with Crippen molar-refractivity contribution in [2.24, 2.45) is 11.8 Å². The van der Waals surface area contributed by atoms with E-state index in [0.717, 1.165) is 25.7 Å². The van der Waals surface area contributed by atoms with Gasteiger partial charge in [-0.2, -0.15) is 0 Å². The third-order valence-corrected chi connectivity index (χ3v) is 3.97. The van der Waals surface area contributed by atoms with Crippen molar-refractivity contribution in [2.45, 2.75) is 64.5 Å². The van der Waals surface area contributed by atoms with Gasteiger partial charge in [0.2, 0.25) is 0 Å². The molecule has 1 amide bonds. The van der Waals surface area contributed by atoms with Gasteiger partial charge in [0.05, 0.1) is 12.3 Å². The van der Waals surface area contributed by atoms with Crippen molar-refractivity contribution < 1.29 is 23.9 Å². The highest BCUT2D eigenvalue weighted by molar-refractivity contribution is 5.94. The van der Waals surface area contributed by atoms with Crippen molar-refractivity contribution in [3.8, 4) is 0 Å². The van der Waals surface area contributed by atoms with Gasteiger partial charge in [-0.05, 0) is 52.4 Å². The molecule has 1 aliphatic carbocycles. The predicted octanol–water partition coefficient (Wildman–Crippen LogP) is 2.16. The van der Waals surface area contributed by atoms with Gasteiger partial charge in [0, 0.05) is 6.04 Å². The maximum Gasteiger partial charge on any atom is 0.407 e. The van der Waals surface area contributed by atoms with Gasteiger partial charge in [-0.15, -0.1) is 0 Å². The van der Waals surface area contributed by atoms with E-state index in [0.29, 0.717) is 0 Å². The molecular weight excluding hydrogens is 274 g/mol. The van der Waals surface area contributed by atoms with Crippen LogP contribution in [-0.2, 0) is 19.1 Å². The normalized spacial score (nSPS) is 30.0. The minimum absolute atomic E-state index is 0.0734. The molecule has 21 heavy (non-hydrogen) atoms. The van der Waals surface area contributed by atoms with E-state index in [4.69, 9.17) is 4.74 Å². The van der Waals surface area contributed by atoms with Crippen LogP contribution in [0.2, 0.25) is 0 Å². The summed E-state index contributed by atoms with van der Waals surface area (Å²) in [5, 5.41) is 2.86. The molecule has 1 unspecified atom stereocenters. The molecule has 1 saturated carbocycles. The molecule has 0 aromatic rings. The highest BCUT2D eigenvalue weighted by atomic mass is 16.6. The van der Waals surface area contributed by atoms with Crippen LogP contribution in [0.4, 0.5) is 4.79 Å². The number of carbonyl (C=O) groups is 3. The lowest BCUT2D eigenvalue weighted by molar-refractivity contribution is -0.153. The summed E-state index contributed by atoms with van der Waals surface area (Å²) in [6.45, 7) is 5.48. The Kier molecular flexibility index (Phi) is 4.54. The first-order chi connectivity index (χ1) is 9.74. The Hall–Kier alpha value is -1.59. The monoisotopic (exact) mass is 297 g/mol. The molecular formula is C15H23NO5. The number of hydrogen-bond donors (Lipinski definition) is 1. The van der Waals surface area contributed by atoms with Crippen LogP contribution in [0.25, 0.3) is 0 Å². The van der Waals surface area contributed by atoms with Crippen molar-refractivity contribution in [3.63, 3.8) is 0 Å². The third kappa shape index (κ3) is 4.44. The second kappa shape index (κ2) is 6.03. The lowest BCUT2D eigenvalue weighted by atomic mass is 9.77. The van der Waals surface area contributed by atoms with E-state index in [2.05, 4.69) is 10.1 Å². The number of ether oxygens (including phenoxy) is 2. The number of rotatable bonds is 2. The Labute approximate surface area is 124 Å². The average Bonchev–Trinajstić information content (AvgIpc) is 2.67. The molecule has 2 fully saturated rings. The molecule has 2 aliphatic rings. The SMILES string of the molecule is CC(C)(C)OC(=O)NC1CCC(C2CC(=O)OC2=O)CC1. The lowest BCUT2D eigenvalue weighted by Crippen LogP contribution is -2.41. The number of carbonyl (C=O) groups excluding carboxylic acids is 3. The molecule has 118 valence electrons. The van der Waals surface area contributed by atoms with E-state index >= 15 is 0 Å². The summed E-state index contributed by atoms with van der Waals surface area (Å²) < 4.78 is 9.84. The van der Waals surface area contributed by atoms with E-state index in [1.54, 1.807) is 0 Å². The summed E-state index contributed by atoms with van der Waals surface area (Å²) in [6.07, 6.45) is 3.01. The van der Waals surface area contributed by atoms with Gasteiger partial charge in [0.15, 0.2) is 0 Å². The molecule has 0 aromatic carbocycles. The van der Waals surface area contributed by atoms with Crippen molar-refractivity contribution in [1.29, 1.82) is 0 Å². The van der Waals surface area contributed by atoms with Gasteiger partial charge in [-0.25, -0.2) is 4.79 Å². The fourth-order valence-electron chi connectivity index (χ4n) is 2.99. The third-order valence-electron chi connectivity index (χ3n) is 3.97. The lowest BCUT2D eigenvalue weighted by Gasteiger charge is -2.31. The fraction of sp³-hybridized carbons (Fsp3) is 0.800. The fourth-order valence-corrected chi connectivity index (χ4v) is 2.99. The summed E-state index contributed by atoms with van der Waals surface area (Å²) in [4.78, 5) is 34.4. The Balaban J connectivity index is 1.77. The van der Waals surface area contributed by atoms with E-state index < -0.39 is 17.7 Å². The summed E-state index contributed by atoms with van der Waals surface area (Å²) in [5.74, 6) is -0.914. The van der Waals surface area contributed by atoms with E-state index in [1.165, 1.54) is 0 Å². The number of cyclic esters (lactones) is 2. The van der Waals surface area contributed by atoms with Crippen LogP contribution in [0.3, 0.4) is 0 Å². The van der Waals surface area contributed by atoms with Crippen LogP contribution in [0.5, 0.6) is 0 Å². The van der Waals surface area contributed by atoms with Gasteiger partial charge in [-0.3, -0.25) is 9.59 Å². The van der Waals surface area contributed by atoms with Gasteiger partial charge >= 0.3 is 18.0 Å². The van der Waals surface area contributed by atoms with Crippen LogP contribution in [0.15, 0.2) is 0 Å². The summed E-state index contributed by atoms with van der Waals surface area (Å²) in [5.41, 5.74) is -0.505. The van der Waals surface area contributed by atoms with Crippen LogP contribution in [-0.4, -0.2) is 29.7 Å². The number of hydrogen-bond acceptors (Lipinski definition) is 5. The first-order valence-electron chi connectivity index (χ1n) is 7.48. The van der Waals surface area contributed by atoms with Gasteiger partial charge in [-0.1, -0.05) is 0 Å². The maximum atomic E-state index is 11.7. The smallest absolute Gasteiger partial charge is 0.407 e. The first-order valence-corrected chi connectivity index (χ1v) is 7.48. The highest BCUT2D eigenvalue weighted by Crippen LogP contribution is 2.35. The molecule has 1 aliphatic heterocycles. The molecule has 1 N–H and O–H groups in total. The number of esters is 2. The maximum absolute atomic E-state index is 11.7. The van der Waals surface area contributed by atoms with Crippen LogP contribution < -0.4 is 5.32 Å². The second-order valence-electron chi connectivity index (χ2n) is 6.86. The van der Waals surface area contributed by atoms with E-state index in [9.17, 15) is 14.4 Å². The topological polar surface area (TPSA) is 81.7 Å². The largest absolute Gasteiger partial charge is 0.444 e. The van der Waals surface area contributed by atoms with Crippen LogP contribution in [0.1, 0.15) is 52.9 Å². The van der Waals surface area contributed by atoms with Crippen LogP contribution in [0, 0.1) is 11.8 Å². The Morgan fingerprint density at radius 3 is 2.29 bits per heavy atom. The molecule has 1 saturated heterocycles. The van der Waals surface area contributed by atoms with Crippen molar-refractivity contribution >= 4 is 18.0 Å². The molecule has 0 radical (unpaired) electrons. The van der Waals surface area contributed by atoms with E-state index in [1.807, 2.05) is 20.8 Å². The Morgan fingerprint density at radius 2 is 1.81 bits per heavy atom. The number of nitrogens with one attached hydrogen (secondary N) is 1. The standard InChI is InChI=1S/C15H23NO5/c1-15(2,3)21-14(19)16-10-6-4-9(5-7-10)11-8-12(17)20-13(11)18/h9-11H,4-8H2,1-3H3,(H,16,19). The zero-order valence-corrected chi connectivity index (χ0v) is 12.8. The number of alkyl carbamates (subject to hydrolysis) is 1. The molecule has 1 heterocycles. The minimum Gasteiger partial charge on any atom is -0.444 e. The zero-order chi connectivity index (χ0) is 15.6. The summed E-state index contributed by atoms with van der Waals surface area (Å²) in [6, 6.07) is 0.0734. The average molecular weight is 297 g/mol. The van der Waals surface area contributed by atoms with Crippen molar-refractivity contribution in [3.05, 3.63) is 0 Å². The minimum atomic E-state index is -0.505. The molecule has 0 spiro atoms. The van der Waals surface area contributed by atoms with Gasteiger partial charge < -0.3 is 14.8 Å². The Morgan fingerprint density at radius 1 is 1.19 bits per heavy atom. The molecule has 0 bridgehead atoms. The number of amides is 1. The summed E-state index contributed by atoms with van der Waals surface area (Å²) in [7, 11) is 0. The molecule has 0 aromatic heterocycles. The molecule has 6 nitrogen and oxygen atoms in total. The van der Waals surface area contributed by atoms with Gasteiger partial charge in [0.25, 0.3) is 0 Å². The van der Waals surface area contributed by atoms with Crippen molar-refractivity contribution in [2.75, 3.05) is 0 Å². The van der Waals surface area contributed by atoms with Gasteiger partial charge in [0.1, 0.15) is 5.60 Å². The first kappa shape index (κ1) is 15.8. The van der Waals surface area contributed by atoms with Crippen LogP contribution >= 0.6 is 0 Å². The zero-order valence-electron chi connectivity index (χ0n) is 12.8. The second-order valence-corrected chi connectivity index (χ2v) is 6.86. The molecule has 2 rings (SSSR count). The summed E-state index contributed by atoms with van der Waals surface area (Å²) >= 11 is 0. The molecule has 6 heteroatoms. The molecule has 1 atom stereocenters. The Bertz CT molecular complexity index is 432.